The number of nitrogens with zero attached hydrogens (tertiary/aromatic N) is 4. The Labute approximate surface area is 206 Å². The summed E-state index contributed by atoms with van der Waals surface area (Å²) in [6, 6.07) is 7.96. The van der Waals surface area contributed by atoms with Crippen molar-refractivity contribution < 1.29 is 0 Å². The molecule has 0 fully saturated rings. The molecule has 0 bridgehead atoms. The molecule has 0 aliphatic carbocycles. The number of aryl methyl sites for hydroxylation is 2. The molecule has 0 atom stereocenters. The van der Waals surface area contributed by atoms with Crippen LogP contribution in [-0.2, 0) is 19.4 Å². The van der Waals surface area contributed by atoms with Crippen molar-refractivity contribution in [1.82, 2.24) is 25.4 Å². The Morgan fingerprint density at radius 3 is 2.80 bits per heavy atom. The molecule has 1 aliphatic heterocycles. The van der Waals surface area contributed by atoms with Crippen molar-refractivity contribution in [2.75, 3.05) is 25.4 Å². The Kier molecular flexibility index (Phi) is 11.9. The first-order valence-electron chi connectivity index (χ1n) is 10.6. The van der Waals surface area contributed by atoms with E-state index in [4.69, 9.17) is 16.6 Å². The zero-order valence-electron chi connectivity index (χ0n) is 17.6. The molecule has 6 nitrogen and oxygen atoms in total. The van der Waals surface area contributed by atoms with Gasteiger partial charge in [-0.25, -0.2) is 0 Å². The molecule has 1 aromatic carbocycles. The van der Waals surface area contributed by atoms with Crippen LogP contribution in [0.15, 0.2) is 34.2 Å². The molecule has 2 aromatic rings. The maximum Gasteiger partial charge on any atom is 0.191 e. The Morgan fingerprint density at radius 1 is 1.17 bits per heavy atom. The van der Waals surface area contributed by atoms with Gasteiger partial charge >= 0.3 is 0 Å². The molecule has 30 heavy (non-hydrogen) atoms. The quantitative estimate of drug-likeness (QED) is 0.154. The number of hydrogen-bond donors (Lipinski definition) is 2. The number of fused-ring (bicyclic) bond motifs is 1. The van der Waals surface area contributed by atoms with Crippen LogP contribution in [0.25, 0.3) is 0 Å². The zero-order valence-corrected chi connectivity index (χ0v) is 21.5. The number of hydrogen-bond acceptors (Lipinski definition) is 4. The maximum absolute atomic E-state index is 5.93. The lowest BCUT2D eigenvalue weighted by Gasteiger charge is -2.11. The van der Waals surface area contributed by atoms with Gasteiger partial charge in [0.15, 0.2) is 5.96 Å². The highest BCUT2D eigenvalue weighted by atomic mass is 127. The number of thioether (sulfide) groups is 1. The molecule has 0 spiro atoms. The number of aliphatic imine (C=N–C) groups is 1. The van der Waals surface area contributed by atoms with Crippen LogP contribution in [0.5, 0.6) is 0 Å². The van der Waals surface area contributed by atoms with Crippen LogP contribution in [0.1, 0.15) is 44.3 Å². The fourth-order valence-electron chi connectivity index (χ4n) is 3.37. The van der Waals surface area contributed by atoms with Gasteiger partial charge in [-0.05, 0) is 50.5 Å². The smallest absolute Gasteiger partial charge is 0.191 e. The van der Waals surface area contributed by atoms with E-state index in [1.54, 1.807) is 0 Å². The molecule has 1 aromatic heterocycles. The van der Waals surface area contributed by atoms with Crippen LogP contribution < -0.4 is 10.6 Å². The Morgan fingerprint density at radius 2 is 2.00 bits per heavy atom. The molecule has 1 aliphatic rings. The van der Waals surface area contributed by atoms with Crippen LogP contribution in [0.2, 0.25) is 5.02 Å². The largest absolute Gasteiger partial charge is 0.357 e. The van der Waals surface area contributed by atoms with Gasteiger partial charge in [0.2, 0.25) is 0 Å². The molecule has 9 heteroatoms. The lowest BCUT2D eigenvalue weighted by atomic mass is 10.2. The van der Waals surface area contributed by atoms with Gasteiger partial charge in [0, 0.05) is 54.7 Å². The monoisotopic (exact) mass is 562 g/mol. The van der Waals surface area contributed by atoms with E-state index < -0.39 is 0 Å². The fraction of sp³-hybridized carbons (Fsp3) is 0.571. The number of halogens is 2. The third kappa shape index (κ3) is 8.26. The minimum Gasteiger partial charge on any atom is -0.357 e. The van der Waals surface area contributed by atoms with E-state index in [1.165, 1.54) is 24.2 Å². The van der Waals surface area contributed by atoms with E-state index in [1.807, 2.05) is 23.9 Å². The highest BCUT2D eigenvalue weighted by Crippen LogP contribution is 2.19. The summed E-state index contributed by atoms with van der Waals surface area (Å²) in [6.45, 7) is 5.65. The first-order valence-corrected chi connectivity index (χ1v) is 11.9. The van der Waals surface area contributed by atoms with Gasteiger partial charge in [0.05, 0.1) is 0 Å². The molecule has 0 unspecified atom stereocenters. The second-order valence-corrected chi connectivity index (χ2v) is 8.69. The van der Waals surface area contributed by atoms with E-state index in [0.29, 0.717) is 0 Å². The number of aromatic nitrogens is 3. The van der Waals surface area contributed by atoms with Crippen molar-refractivity contribution in [1.29, 1.82) is 0 Å². The third-order valence-corrected chi connectivity index (χ3v) is 6.10. The first kappa shape index (κ1) is 25.3. The molecule has 2 N–H and O–H groups in total. The highest BCUT2D eigenvalue weighted by Gasteiger charge is 2.14. The summed E-state index contributed by atoms with van der Waals surface area (Å²) >= 11 is 7.74. The molecule has 3 rings (SSSR count). The molecule has 0 amide bonds. The van der Waals surface area contributed by atoms with Gasteiger partial charge in [-0.2, -0.15) is 0 Å². The lowest BCUT2D eigenvalue weighted by Crippen LogP contribution is -2.38. The molecular formula is C21H32ClIN6S. The van der Waals surface area contributed by atoms with Crippen molar-refractivity contribution in [3.8, 4) is 0 Å². The number of benzene rings is 1. The van der Waals surface area contributed by atoms with Crippen LogP contribution in [0.4, 0.5) is 0 Å². The summed E-state index contributed by atoms with van der Waals surface area (Å²) in [5.41, 5.74) is 0. The Hall–Kier alpha value is -1.000. The van der Waals surface area contributed by atoms with E-state index in [9.17, 15) is 0 Å². The molecular weight excluding hydrogens is 531 g/mol. The average Bonchev–Trinajstić information content (AvgIpc) is 2.95. The van der Waals surface area contributed by atoms with E-state index in [0.717, 1.165) is 73.8 Å². The van der Waals surface area contributed by atoms with Crippen LogP contribution in [0.3, 0.4) is 0 Å². The Bertz CT molecular complexity index is 780. The predicted octanol–water partition coefficient (Wildman–Crippen LogP) is 4.56. The zero-order chi connectivity index (χ0) is 20.3. The predicted molar refractivity (Wildman–Crippen MR) is 137 cm³/mol. The third-order valence-electron chi connectivity index (χ3n) is 4.84. The standard InChI is InChI=1S/C21H31ClN6S.HI/c1-2-23-21(25-14-16-29-18-11-9-17(22)10-12-18)24-13-6-8-20-27-26-19-7-4-3-5-15-28(19)20;/h9-12H,2-8,13-16H2,1H3,(H2,23,24,25);1H. The second kappa shape index (κ2) is 14.1. The van der Waals surface area contributed by atoms with Gasteiger partial charge in [-0.3, -0.25) is 4.99 Å². The van der Waals surface area contributed by atoms with E-state index in [2.05, 4.69) is 44.5 Å². The summed E-state index contributed by atoms with van der Waals surface area (Å²) in [5, 5.41) is 16.3. The molecule has 0 saturated heterocycles. The summed E-state index contributed by atoms with van der Waals surface area (Å²) in [7, 11) is 0. The molecule has 166 valence electrons. The molecule has 0 saturated carbocycles. The van der Waals surface area contributed by atoms with Crippen LogP contribution in [-0.4, -0.2) is 46.1 Å². The van der Waals surface area contributed by atoms with Gasteiger partial charge in [-0.1, -0.05) is 18.0 Å². The summed E-state index contributed by atoms with van der Waals surface area (Å²) in [6.07, 6.45) is 6.74. The van der Waals surface area contributed by atoms with Crippen molar-refractivity contribution in [3.63, 3.8) is 0 Å². The highest BCUT2D eigenvalue weighted by molar-refractivity contribution is 14.0. The number of rotatable bonds is 9. The van der Waals surface area contributed by atoms with E-state index in [-0.39, 0.29) is 24.0 Å². The first-order chi connectivity index (χ1) is 14.3. The van der Waals surface area contributed by atoms with Crippen molar-refractivity contribution in [2.45, 2.75) is 56.9 Å². The summed E-state index contributed by atoms with van der Waals surface area (Å²) in [4.78, 5) is 5.94. The molecule has 0 radical (unpaired) electrons. The van der Waals surface area contributed by atoms with E-state index >= 15 is 0 Å². The van der Waals surface area contributed by atoms with Crippen molar-refractivity contribution in [3.05, 3.63) is 40.9 Å². The topological polar surface area (TPSA) is 67.1 Å². The van der Waals surface area contributed by atoms with Gasteiger partial charge in [0.25, 0.3) is 0 Å². The van der Waals surface area contributed by atoms with Crippen LogP contribution >= 0.6 is 47.3 Å². The van der Waals surface area contributed by atoms with Crippen LogP contribution in [0, 0.1) is 0 Å². The second-order valence-electron chi connectivity index (χ2n) is 7.09. The summed E-state index contributed by atoms with van der Waals surface area (Å²) < 4.78 is 2.33. The Balaban J connectivity index is 0.00000320. The average molecular weight is 563 g/mol. The van der Waals surface area contributed by atoms with Gasteiger partial charge in [0.1, 0.15) is 11.6 Å². The summed E-state index contributed by atoms with van der Waals surface area (Å²) in [5.74, 6) is 4.13. The molecule has 2 heterocycles. The SMILES string of the molecule is CCNC(=NCCCc1nnc2n1CCCCC2)NCCSc1ccc(Cl)cc1.I. The number of guanidine groups is 1. The van der Waals surface area contributed by atoms with Crippen molar-refractivity contribution >= 4 is 53.3 Å². The van der Waals surface area contributed by atoms with Gasteiger partial charge < -0.3 is 15.2 Å². The number of nitrogens with one attached hydrogen (secondary N) is 2. The minimum absolute atomic E-state index is 0. The van der Waals surface area contributed by atoms with Crippen molar-refractivity contribution in [2.24, 2.45) is 4.99 Å². The maximum atomic E-state index is 5.93. The lowest BCUT2D eigenvalue weighted by molar-refractivity contribution is 0.597. The fourth-order valence-corrected chi connectivity index (χ4v) is 4.26. The normalized spacial score (nSPS) is 13.9. The minimum atomic E-state index is 0. The van der Waals surface area contributed by atoms with Gasteiger partial charge in [-0.15, -0.1) is 45.9 Å².